The number of hydrogen-bond acceptors (Lipinski definition) is 15. The summed E-state index contributed by atoms with van der Waals surface area (Å²) >= 11 is 0. The fourth-order valence-electron chi connectivity index (χ4n) is 13.6. The van der Waals surface area contributed by atoms with Crippen LogP contribution in [0.2, 0.25) is 0 Å². The highest BCUT2D eigenvalue weighted by atomic mass is 31.2. The van der Waals surface area contributed by atoms with Crippen LogP contribution < -0.4 is 0 Å². The second-order valence-corrected chi connectivity index (χ2v) is 34.7. The Morgan fingerprint density at radius 3 is 0.642 bits per heavy atom. The van der Waals surface area contributed by atoms with E-state index in [-0.39, 0.29) is 25.7 Å². The molecule has 0 spiro atoms. The van der Waals surface area contributed by atoms with Crippen LogP contribution in [0.25, 0.3) is 0 Å². The van der Waals surface area contributed by atoms with Crippen molar-refractivity contribution in [3.63, 3.8) is 0 Å². The fourth-order valence-corrected chi connectivity index (χ4v) is 15.2. The zero-order valence-electron chi connectivity index (χ0n) is 69.6. The Morgan fingerprint density at radius 2 is 0.434 bits per heavy atom. The predicted octanol–water partition coefficient (Wildman–Crippen LogP) is 26.8. The topological polar surface area (TPSA) is 237 Å². The van der Waals surface area contributed by atoms with Crippen molar-refractivity contribution in [1.29, 1.82) is 0 Å². The molecule has 0 aromatic rings. The van der Waals surface area contributed by atoms with Crippen molar-refractivity contribution >= 4 is 39.5 Å². The van der Waals surface area contributed by atoms with E-state index in [0.717, 1.165) is 95.8 Å². The van der Waals surface area contributed by atoms with E-state index in [1.807, 2.05) is 0 Å². The predicted molar refractivity (Wildman–Crippen MR) is 437 cm³/mol. The Morgan fingerprint density at radius 1 is 0.255 bits per heavy atom. The molecule has 106 heavy (non-hydrogen) atoms. The second kappa shape index (κ2) is 79.7. The first-order valence-electron chi connectivity index (χ1n) is 45.1. The van der Waals surface area contributed by atoms with Crippen LogP contribution in [0.5, 0.6) is 0 Å². The Kier molecular flexibility index (Phi) is 78.2. The highest BCUT2D eigenvalue weighted by Gasteiger charge is 2.30. The molecular weight excluding hydrogens is 1380 g/mol. The average molecular weight is 1550 g/mol. The highest BCUT2D eigenvalue weighted by Crippen LogP contribution is 2.45. The van der Waals surface area contributed by atoms with E-state index in [4.69, 9.17) is 37.0 Å². The van der Waals surface area contributed by atoms with Crippen LogP contribution in [0.1, 0.15) is 471 Å². The molecule has 0 aliphatic heterocycles. The zero-order valence-corrected chi connectivity index (χ0v) is 71.4. The summed E-state index contributed by atoms with van der Waals surface area (Å²) in [5, 5.41) is 10.7. The minimum atomic E-state index is -4.97. The third-order valence-corrected chi connectivity index (χ3v) is 22.4. The molecule has 2 unspecified atom stereocenters. The summed E-state index contributed by atoms with van der Waals surface area (Å²) in [4.78, 5) is 73.1. The Balaban J connectivity index is 5.17. The lowest BCUT2D eigenvalue weighted by Crippen LogP contribution is -2.30. The number of ether oxygens (including phenoxy) is 4. The number of unbranched alkanes of at least 4 members (excludes halogenated alkanes) is 59. The molecule has 17 nitrogen and oxygen atoms in total. The lowest BCUT2D eigenvalue weighted by molar-refractivity contribution is -0.161. The molecule has 5 atom stereocenters. The number of rotatable bonds is 87. The van der Waals surface area contributed by atoms with Gasteiger partial charge in [-0.15, -0.1) is 0 Å². The van der Waals surface area contributed by atoms with Gasteiger partial charge in [-0.25, -0.2) is 9.13 Å². The van der Waals surface area contributed by atoms with Gasteiger partial charge in [-0.1, -0.05) is 420 Å². The number of carbonyl (C=O) groups is 4. The van der Waals surface area contributed by atoms with Gasteiger partial charge >= 0.3 is 39.5 Å². The highest BCUT2D eigenvalue weighted by molar-refractivity contribution is 7.47. The van der Waals surface area contributed by atoms with Crippen LogP contribution in [0.15, 0.2) is 0 Å². The van der Waals surface area contributed by atoms with Gasteiger partial charge in [0.2, 0.25) is 0 Å². The molecule has 0 amide bonds. The van der Waals surface area contributed by atoms with Crippen molar-refractivity contribution in [2.45, 2.75) is 490 Å². The van der Waals surface area contributed by atoms with E-state index >= 15 is 0 Å². The van der Waals surface area contributed by atoms with Gasteiger partial charge < -0.3 is 33.8 Å². The summed E-state index contributed by atoms with van der Waals surface area (Å²) < 4.78 is 68.8. The number of carbonyl (C=O) groups excluding carboxylic acids is 4. The number of esters is 4. The number of aliphatic hydroxyl groups is 1. The molecule has 0 bridgehead atoms. The third-order valence-electron chi connectivity index (χ3n) is 20.5. The first kappa shape index (κ1) is 104. The van der Waals surface area contributed by atoms with Gasteiger partial charge in [0.05, 0.1) is 26.4 Å². The molecule has 0 aromatic carbocycles. The molecule has 630 valence electrons. The summed E-state index contributed by atoms with van der Waals surface area (Å²) in [6, 6.07) is 0. The summed E-state index contributed by atoms with van der Waals surface area (Å²) in [5.41, 5.74) is 0. The van der Waals surface area contributed by atoms with Gasteiger partial charge in [0.15, 0.2) is 12.2 Å². The molecule has 0 aliphatic rings. The van der Waals surface area contributed by atoms with Crippen LogP contribution >= 0.6 is 15.6 Å². The Hall–Kier alpha value is -1.94. The summed E-state index contributed by atoms with van der Waals surface area (Å²) in [6.45, 7) is 7.38. The maximum Gasteiger partial charge on any atom is 0.472 e. The lowest BCUT2D eigenvalue weighted by atomic mass is 10.0. The van der Waals surface area contributed by atoms with Gasteiger partial charge in [-0.2, -0.15) is 0 Å². The van der Waals surface area contributed by atoms with Crippen molar-refractivity contribution < 1.29 is 80.2 Å². The number of aliphatic hydroxyl groups excluding tert-OH is 1. The number of hydrogen-bond donors (Lipinski definition) is 3. The maximum absolute atomic E-state index is 13.1. The minimum absolute atomic E-state index is 0.109. The Bertz CT molecular complexity index is 2010. The van der Waals surface area contributed by atoms with Crippen LogP contribution in [0, 0.1) is 5.92 Å². The third kappa shape index (κ3) is 80.1. The molecule has 0 fully saturated rings. The van der Waals surface area contributed by atoms with Crippen molar-refractivity contribution in [3.8, 4) is 0 Å². The first-order valence-corrected chi connectivity index (χ1v) is 48.1. The minimum Gasteiger partial charge on any atom is -0.462 e. The van der Waals surface area contributed by atoms with Gasteiger partial charge in [0.1, 0.15) is 19.3 Å². The largest absolute Gasteiger partial charge is 0.472 e. The molecule has 0 radical (unpaired) electrons. The normalized spacial score (nSPS) is 13.7. The smallest absolute Gasteiger partial charge is 0.462 e. The first-order chi connectivity index (χ1) is 51.5. The molecule has 0 saturated carbocycles. The van der Waals surface area contributed by atoms with E-state index in [2.05, 4.69) is 34.6 Å². The number of phosphoric ester groups is 2. The van der Waals surface area contributed by atoms with Crippen LogP contribution in [-0.2, 0) is 65.4 Å². The SMILES string of the molecule is CCCCCCCCCCCCCCCCCCCCCCCC(=O)OC[C@H](COP(=O)(O)OC[C@@H](O)COP(=O)(O)OC[C@@H](COC(=O)CCCCCCCCCC)OC(=O)CCCCCCCCCCCCCCCCCC)OC(=O)CCCCCCCCCCCCCCCCCCCCC(C)C. The molecule has 0 rings (SSSR count). The van der Waals surface area contributed by atoms with E-state index in [0.29, 0.717) is 25.7 Å². The van der Waals surface area contributed by atoms with Gasteiger partial charge in [0.25, 0.3) is 0 Å². The standard InChI is InChI=1S/C87H170O17P2/c1-6-9-12-15-18-21-23-25-27-29-30-31-32-36-40-43-47-51-56-61-66-71-85(90)98-77-83(104-87(92)73-68-63-58-53-49-45-41-37-34-33-35-38-42-46-50-54-59-64-69-80(4)5)79-102-106(95,96)100-75-81(88)74-99-105(93,94)101-78-82(76-97-84(89)70-65-60-55-20-17-14-11-8-3)103-86(91)72-67-62-57-52-48-44-39-28-26-24-22-19-16-13-10-7-2/h80-83,88H,6-79H2,1-5H3,(H,93,94)(H,95,96)/t81-,82+,83+/m0/s1. The molecular formula is C87H170O17P2. The second-order valence-electron chi connectivity index (χ2n) is 31.8. The molecule has 0 heterocycles. The van der Waals surface area contributed by atoms with Crippen molar-refractivity contribution in [1.82, 2.24) is 0 Å². The van der Waals surface area contributed by atoms with Crippen LogP contribution in [0.4, 0.5) is 0 Å². The molecule has 3 N–H and O–H groups in total. The van der Waals surface area contributed by atoms with E-state index in [1.54, 1.807) is 0 Å². The van der Waals surface area contributed by atoms with Crippen molar-refractivity contribution in [2.75, 3.05) is 39.6 Å². The molecule has 0 saturated heterocycles. The van der Waals surface area contributed by atoms with E-state index < -0.39 is 97.5 Å². The van der Waals surface area contributed by atoms with E-state index in [9.17, 15) is 43.2 Å². The lowest BCUT2D eigenvalue weighted by Gasteiger charge is -2.21. The summed E-state index contributed by atoms with van der Waals surface area (Å²) in [5.74, 6) is -1.28. The molecule has 0 aliphatic carbocycles. The van der Waals surface area contributed by atoms with Gasteiger partial charge in [-0.05, 0) is 31.6 Å². The maximum atomic E-state index is 13.1. The summed E-state index contributed by atoms with van der Waals surface area (Å²) in [7, 11) is -9.92. The average Bonchev–Trinajstić information content (AvgIpc) is 0.903. The fraction of sp³-hybridized carbons (Fsp3) is 0.954. The quantitative estimate of drug-likeness (QED) is 0.0222. The zero-order chi connectivity index (χ0) is 77.6. The van der Waals surface area contributed by atoms with Crippen molar-refractivity contribution in [3.05, 3.63) is 0 Å². The van der Waals surface area contributed by atoms with E-state index in [1.165, 1.54) is 295 Å². The Labute approximate surface area is 651 Å². The number of phosphoric acid groups is 2. The van der Waals surface area contributed by atoms with Gasteiger partial charge in [0, 0.05) is 25.7 Å². The van der Waals surface area contributed by atoms with Crippen molar-refractivity contribution in [2.24, 2.45) is 5.92 Å². The molecule has 0 aromatic heterocycles. The summed E-state index contributed by atoms with van der Waals surface area (Å²) in [6.07, 6.45) is 73.8. The van der Waals surface area contributed by atoms with Gasteiger partial charge in [-0.3, -0.25) is 37.3 Å². The molecule has 19 heteroatoms. The monoisotopic (exact) mass is 1550 g/mol. The van der Waals surface area contributed by atoms with Crippen LogP contribution in [0.3, 0.4) is 0 Å². The van der Waals surface area contributed by atoms with Crippen LogP contribution in [-0.4, -0.2) is 96.7 Å².